The number of aromatic amines is 1. The molecule has 0 fully saturated rings. The number of para-hydroxylation sites is 2. The maximum absolute atomic E-state index is 14.0. The minimum Gasteiger partial charge on any atom is -0.495 e. The first-order valence-corrected chi connectivity index (χ1v) is 26.7. The Kier molecular flexibility index (Phi) is 21.2. The molecule has 2 aromatic heterocycles. The van der Waals surface area contributed by atoms with E-state index in [0.717, 1.165) is 18.1 Å². The number of esters is 2. The maximum Gasteiger partial charge on any atom is 0.336 e. The Bertz CT molecular complexity index is 3570. The van der Waals surface area contributed by atoms with Crippen molar-refractivity contribution in [3.8, 4) is 11.5 Å². The highest BCUT2D eigenvalue weighted by Crippen LogP contribution is 2.29. The molecule has 7 aromatic rings. The Labute approximate surface area is 493 Å². The average Bonchev–Trinajstić information content (AvgIpc) is 4.23. The Morgan fingerprint density at radius 2 is 1.10 bits per heavy atom. The topological polar surface area (TPSA) is 298 Å². The maximum atomic E-state index is 14.0. The molecule has 84 heavy (non-hydrogen) atoms. The predicted molar refractivity (Wildman–Crippen MR) is 313 cm³/mol. The third-order valence-electron chi connectivity index (χ3n) is 12.9. The van der Waals surface area contributed by atoms with Gasteiger partial charge < -0.3 is 65.3 Å². The molecule has 7 rings (SSSR count). The molecule has 0 saturated heterocycles. The van der Waals surface area contributed by atoms with Crippen LogP contribution in [0.5, 0.6) is 11.5 Å². The fourth-order valence-electron chi connectivity index (χ4n) is 8.45. The van der Waals surface area contributed by atoms with Crippen molar-refractivity contribution in [1.82, 2.24) is 35.4 Å². The third-order valence-corrected chi connectivity index (χ3v) is 13.5. The molecule has 5 aromatic carbocycles. The van der Waals surface area contributed by atoms with Crippen LogP contribution in [0.1, 0.15) is 62.6 Å². The quantitative estimate of drug-likeness (QED) is 0.0235. The summed E-state index contributed by atoms with van der Waals surface area (Å²) in [7, 11) is 6.01. The van der Waals surface area contributed by atoms with E-state index in [4.69, 9.17) is 41.8 Å². The lowest BCUT2D eigenvalue weighted by molar-refractivity contribution is -0.163. The normalized spacial score (nSPS) is 11.5. The number of aryl methyl sites for hydroxylation is 2. The highest BCUT2D eigenvalue weighted by atomic mass is 35.5. The summed E-state index contributed by atoms with van der Waals surface area (Å²) in [5.41, 5.74) is 5.50. The van der Waals surface area contributed by atoms with Gasteiger partial charge in [-0.05, 0) is 84.6 Å². The molecule has 25 heteroatoms. The lowest BCUT2D eigenvalue weighted by Crippen LogP contribution is -2.48. The number of hydrogen-bond acceptors (Lipinski definition) is 14. The first-order chi connectivity index (χ1) is 40.2. The van der Waals surface area contributed by atoms with Gasteiger partial charge in [0.2, 0.25) is 17.7 Å². The van der Waals surface area contributed by atoms with Crippen molar-refractivity contribution in [1.29, 1.82) is 0 Å². The number of nitrogens with one attached hydrogen (secondary N) is 7. The fourth-order valence-corrected chi connectivity index (χ4v) is 9.02. The average molecular weight is 1190 g/mol. The van der Waals surface area contributed by atoms with Crippen LogP contribution in [0.4, 0.5) is 32.3 Å². The SMILES string of the molecule is COc1cc(CC(=O)N(C)Cc2c[nH]c(CC(NC(C)=O)C(=O)OC(=O)C(Cc3nc(CN(C)C(=O)Cc4ccc(NC(=O)Nc5ccccc5C)c(OC)c4)co3)NC(=O)c3c(Cl)cccc3Cl)n2)ccc1NC(=O)Nc1ccccc1C. The Hall–Kier alpha value is -9.74. The predicted octanol–water partition coefficient (Wildman–Crippen LogP) is 8.19. The van der Waals surface area contributed by atoms with Crippen LogP contribution in [-0.2, 0) is 67.5 Å². The standard InChI is InChI=1S/C59H61Cl2N11O12/c1-33-13-8-10-17-42(33)67-58(79)69-44-21-19-36(23-48(44)81-6)25-52(74)71(4)30-38-29-62-50(64-38)27-46(63-35(3)73)56(77)84-57(78)47(66-55(76)54-40(60)15-12-16-41(54)61)28-51-65-39(32-83-51)31-72(5)53(75)26-37-20-22-45(49(24-37)82-7)70-59(80)68-43-18-11-9-14-34(43)2/h8-24,29,32,46-47H,25-28,30-31H2,1-7H3,(H,62,64)(H,63,73)(H,66,76)(H2,67,69,79)(H2,68,70,80). The van der Waals surface area contributed by atoms with Crippen LogP contribution in [0, 0.1) is 13.8 Å². The number of hydrogen-bond donors (Lipinski definition) is 7. The van der Waals surface area contributed by atoms with Gasteiger partial charge in [-0.15, -0.1) is 0 Å². The van der Waals surface area contributed by atoms with Crippen molar-refractivity contribution >= 4 is 93.6 Å². The minimum atomic E-state index is -1.66. The summed E-state index contributed by atoms with van der Waals surface area (Å²) in [5.74, 6) is -3.88. The number of rotatable bonds is 23. The molecule has 0 bridgehead atoms. The van der Waals surface area contributed by atoms with Crippen molar-refractivity contribution in [2.24, 2.45) is 0 Å². The van der Waals surface area contributed by atoms with Gasteiger partial charge in [0.1, 0.15) is 35.7 Å². The lowest BCUT2D eigenvalue weighted by atomic mass is 10.1. The number of aromatic nitrogens is 3. The van der Waals surface area contributed by atoms with Gasteiger partial charge in [-0.25, -0.2) is 29.1 Å². The molecule has 8 amide bonds. The molecule has 2 heterocycles. The highest BCUT2D eigenvalue weighted by molar-refractivity contribution is 6.39. The molecule has 2 unspecified atom stereocenters. The number of oxazole rings is 1. The first-order valence-electron chi connectivity index (χ1n) is 26.0. The van der Waals surface area contributed by atoms with Gasteiger partial charge in [-0.3, -0.25) is 19.2 Å². The summed E-state index contributed by atoms with van der Waals surface area (Å²) in [6, 6.07) is 24.8. The van der Waals surface area contributed by atoms with E-state index in [1.54, 1.807) is 62.6 Å². The summed E-state index contributed by atoms with van der Waals surface area (Å²) in [5, 5.41) is 16.0. The molecule has 7 N–H and O–H groups in total. The van der Waals surface area contributed by atoms with Crippen LogP contribution in [0.3, 0.4) is 0 Å². The van der Waals surface area contributed by atoms with Gasteiger partial charge in [0.15, 0.2) is 5.89 Å². The molecule has 0 aliphatic carbocycles. The van der Waals surface area contributed by atoms with Gasteiger partial charge in [0.25, 0.3) is 5.91 Å². The smallest absolute Gasteiger partial charge is 0.336 e. The number of carbonyl (C=O) groups excluding carboxylic acids is 8. The summed E-state index contributed by atoms with van der Waals surface area (Å²) in [6.07, 6.45) is 1.93. The molecule has 0 aliphatic rings. The molecule has 438 valence electrons. The van der Waals surface area contributed by atoms with Gasteiger partial charge in [0, 0.05) is 45.0 Å². The number of benzene rings is 5. The van der Waals surface area contributed by atoms with Crippen LogP contribution < -0.4 is 41.4 Å². The number of ether oxygens (including phenoxy) is 3. The van der Waals surface area contributed by atoms with Crippen molar-refractivity contribution in [3.05, 3.63) is 177 Å². The molecular weight excluding hydrogens is 1130 g/mol. The van der Waals surface area contributed by atoms with E-state index in [0.29, 0.717) is 51.1 Å². The Morgan fingerprint density at radius 1 is 0.607 bits per heavy atom. The molecule has 0 saturated carbocycles. The van der Waals surface area contributed by atoms with Gasteiger partial charge in [0.05, 0.1) is 84.9 Å². The summed E-state index contributed by atoms with van der Waals surface area (Å²) in [6.45, 7) is 4.89. The van der Waals surface area contributed by atoms with E-state index in [2.05, 4.69) is 46.9 Å². The number of imidazole rings is 1. The number of urea groups is 2. The summed E-state index contributed by atoms with van der Waals surface area (Å²) < 4.78 is 22.0. The Morgan fingerprint density at radius 3 is 1.60 bits per heavy atom. The van der Waals surface area contributed by atoms with Crippen molar-refractivity contribution in [2.45, 2.75) is 71.6 Å². The largest absolute Gasteiger partial charge is 0.495 e. The van der Waals surface area contributed by atoms with Crippen molar-refractivity contribution in [2.75, 3.05) is 49.6 Å². The van der Waals surface area contributed by atoms with Gasteiger partial charge >= 0.3 is 24.0 Å². The van der Waals surface area contributed by atoms with Gasteiger partial charge in [-0.2, -0.15) is 0 Å². The number of carbonyl (C=O) groups is 8. The van der Waals surface area contributed by atoms with E-state index in [-0.39, 0.29) is 77.2 Å². The van der Waals surface area contributed by atoms with E-state index >= 15 is 0 Å². The van der Waals surface area contributed by atoms with Crippen LogP contribution in [-0.4, -0.2) is 113 Å². The molecule has 0 spiro atoms. The number of halogens is 2. The summed E-state index contributed by atoms with van der Waals surface area (Å²) >= 11 is 12.7. The number of nitrogens with zero attached hydrogens (tertiary/aromatic N) is 4. The van der Waals surface area contributed by atoms with Crippen molar-refractivity contribution in [3.63, 3.8) is 0 Å². The fraction of sp³-hybridized carbons (Fsp3) is 0.254. The lowest BCUT2D eigenvalue weighted by Gasteiger charge is -2.19. The second-order valence-corrected chi connectivity index (χ2v) is 20.1. The number of anilines is 4. The zero-order valence-corrected chi connectivity index (χ0v) is 48.3. The third kappa shape index (κ3) is 17.2. The van der Waals surface area contributed by atoms with E-state index < -0.39 is 54.3 Å². The molecule has 2 atom stereocenters. The van der Waals surface area contributed by atoms with E-state index in [1.165, 1.54) is 54.7 Å². The van der Waals surface area contributed by atoms with Crippen molar-refractivity contribution < 1.29 is 57.0 Å². The molecule has 0 aliphatic heterocycles. The number of likely N-dealkylation sites (N-methyl/N-ethyl adjacent to an activating group) is 2. The van der Waals surface area contributed by atoms with Crippen LogP contribution in [0.25, 0.3) is 0 Å². The zero-order valence-electron chi connectivity index (χ0n) is 46.8. The van der Waals surface area contributed by atoms with E-state index in [9.17, 15) is 38.4 Å². The first kappa shape index (κ1) is 61.9. The minimum absolute atomic E-state index is 0.0279. The molecular formula is C59H61Cl2N11O12. The van der Waals surface area contributed by atoms with Crippen LogP contribution in [0.2, 0.25) is 10.0 Å². The number of amides is 8. The zero-order chi connectivity index (χ0) is 60.6. The molecule has 0 radical (unpaired) electrons. The van der Waals surface area contributed by atoms with Crippen LogP contribution >= 0.6 is 23.2 Å². The second-order valence-electron chi connectivity index (χ2n) is 19.3. The Balaban J connectivity index is 0.962. The van der Waals surface area contributed by atoms with E-state index in [1.807, 2.05) is 50.2 Å². The summed E-state index contributed by atoms with van der Waals surface area (Å²) in [4.78, 5) is 121. The number of H-pyrrole nitrogens is 1. The monoisotopic (exact) mass is 1190 g/mol. The van der Waals surface area contributed by atoms with Crippen LogP contribution in [0.15, 0.2) is 120 Å². The highest BCUT2D eigenvalue weighted by Gasteiger charge is 2.33. The van der Waals surface area contributed by atoms with Gasteiger partial charge in [-0.1, -0.05) is 77.8 Å². The second kappa shape index (κ2) is 28.8. The molecule has 23 nitrogen and oxygen atoms in total. The number of methoxy groups -OCH3 is 2.